The summed E-state index contributed by atoms with van der Waals surface area (Å²) >= 11 is 0. The van der Waals surface area contributed by atoms with E-state index in [-0.39, 0.29) is 24.4 Å². The molecule has 0 aliphatic rings. The number of nitrogens with one attached hydrogen (secondary N) is 1. The number of ether oxygens (including phenoxy) is 1. The maximum atomic E-state index is 13.2. The molecule has 1 aromatic heterocycles. The fourth-order valence-corrected chi connectivity index (χ4v) is 2.74. The summed E-state index contributed by atoms with van der Waals surface area (Å²) < 4.78 is 18.4. The number of carbonyl (C=O) groups is 2. The quantitative estimate of drug-likeness (QED) is 0.654. The Labute approximate surface area is 162 Å². The minimum absolute atomic E-state index is 0.0121. The third-order valence-electron chi connectivity index (χ3n) is 4.43. The van der Waals surface area contributed by atoms with Gasteiger partial charge in [0.2, 0.25) is 0 Å². The van der Waals surface area contributed by atoms with Crippen LogP contribution in [0.1, 0.15) is 30.6 Å². The van der Waals surface area contributed by atoms with E-state index in [2.05, 4.69) is 10.3 Å². The summed E-state index contributed by atoms with van der Waals surface area (Å²) in [6, 6.07) is 14.7. The molecule has 2 aromatic carbocycles. The third kappa shape index (κ3) is 4.52. The summed E-state index contributed by atoms with van der Waals surface area (Å²) in [7, 11) is 0. The Morgan fingerprint density at radius 2 is 1.86 bits per heavy atom. The van der Waals surface area contributed by atoms with Crippen LogP contribution in [0.5, 0.6) is 0 Å². The Kier molecular flexibility index (Phi) is 5.99. The Morgan fingerprint density at radius 3 is 2.57 bits per heavy atom. The highest BCUT2D eigenvalue weighted by molar-refractivity contribution is 6.05. The van der Waals surface area contributed by atoms with Crippen molar-refractivity contribution < 1.29 is 18.7 Å². The highest BCUT2D eigenvalue weighted by atomic mass is 19.1. The number of rotatable bonds is 6. The van der Waals surface area contributed by atoms with Crippen LogP contribution in [0.3, 0.4) is 0 Å². The largest absolute Gasteiger partial charge is 0.452 e. The number of hydrogen-bond donors (Lipinski definition) is 1. The molecule has 1 heterocycles. The van der Waals surface area contributed by atoms with Crippen LogP contribution >= 0.6 is 0 Å². The molecule has 0 fully saturated rings. The van der Waals surface area contributed by atoms with Crippen molar-refractivity contribution in [3.8, 4) is 11.3 Å². The fourth-order valence-electron chi connectivity index (χ4n) is 2.74. The minimum Gasteiger partial charge on any atom is -0.452 e. The first kappa shape index (κ1) is 19.5. The zero-order valence-corrected chi connectivity index (χ0v) is 15.7. The normalized spacial score (nSPS) is 11.8. The van der Waals surface area contributed by atoms with Gasteiger partial charge < -0.3 is 10.1 Å². The van der Waals surface area contributed by atoms with E-state index in [4.69, 9.17) is 4.74 Å². The molecule has 5 nitrogen and oxygen atoms in total. The highest BCUT2D eigenvalue weighted by Gasteiger charge is 2.17. The monoisotopic (exact) mass is 380 g/mol. The first-order valence-corrected chi connectivity index (χ1v) is 9.10. The molecule has 0 saturated heterocycles. The number of fused-ring (bicyclic) bond motifs is 1. The first-order chi connectivity index (χ1) is 13.5. The smallest absolute Gasteiger partial charge is 0.339 e. The van der Waals surface area contributed by atoms with E-state index in [1.54, 1.807) is 36.4 Å². The molecule has 0 aliphatic heterocycles. The van der Waals surface area contributed by atoms with Crippen LogP contribution in [-0.4, -0.2) is 29.5 Å². The van der Waals surface area contributed by atoms with Gasteiger partial charge in [0.15, 0.2) is 6.61 Å². The summed E-state index contributed by atoms with van der Waals surface area (Å²) in [5, 5.41) is 3.38. The molecule has 0 radical (unpaired) electrons. The minimum atomic E-state index is -0.610. The predicted molar refractivity (Wildman–Crippen MR) is 105 cm³/mol. The lowest BCUT2D eigenvalue weighted by atomic mass is 10.0. The van der Waals surface area contributed by atoms with E-state index in [0.29, 0.717) is 27.7 Å². The second-order valence-corrected chi connectivity index (χ2v) is 6.53. The zero-order chi connectivity index (χ0) is 20.1. The van der Waals surface area contributed by atoms with Gasteiger partial charge in [-0.1, -0.05) is 25.1 Å². The van der Waals surface area contributed by atoms with E-state index in [1.807, 2.05) is 19.9 Å². The van der Waals surface area contributed by atoms with Crippen LogP contribution in [0, 0.1) is 5.82 Å². The second kappa shape index (κ2) is 8.61. The van der Waals surface area contributed by atoms with Crippen molar-refractivity contribution in [3.05, 3.63) is 66.0 Å². The molecular weight excluding hydrogens is 359 g/mol. The number of carbonyl (C=O) groups excluding carboxylic acids is 2. The number of hydrogen-bond acceptors (Lipinski definition) is 4. The van der Waals surface area contributed by atoms with Gasteiger partial charge in [0.25, 0.3) is 5.91 Å². The molecule has 1 atom stereocenters. The van der Waals surface area contributed by atoms with Crippen molar-refractivity contribution in [2.75, 3.05) is 6.61 Å². The number of nitrogens with zero attached hydrogens (tertiary/aromatic N) is 1. The summed E-state index contributed by atoms with van der Waals surface area (Å²) in [6.07, 6.45) is 0.787. The number of esters is 1. The van der Waals surface area contributed by atoms with Crippen molar-refractivity contribution in [3.63, 3.8) is 0 Å². The highest BCUT2D eigenvalue weighted by Crippen LogP contribution is 2.25. The molecule has 0 bridgehead atoms. The van der Waals surface area contributed by atoms with Gasteiger partial charge in [-0.25, -0.2) is 14.2 Å². The van der Waals surface area contributed by atoms with Gasteiger partial charge in [-0.3, -0.25) is 4.79 Å². The first-order valence-electron chi connectivity index (χ1n) is 9.10. The van der Waals surface area contributed by atoms with Crippen LogP contribution in [0.4, 0.5) is 4.39 Å². The van der Waals surface area contributed by atoms with Crippen LogP contribution in [-0.2, 0) is 9.53 Å². The standard InChI is InChI=1S/C22H21FN2O3/c1-3-14(2)24-21(26)13-28-22(27)18-12-20(15-8-10-16(23)11-9-15)25-19-7-5-4-6-17(18)19/h4-12,14H,3,13H2,1-2H3,(H,24,26)/t14-/m0/s1. The molecule has 1 N–H and O–H groups in total. The van der Waals surface area contributed by atoms with Gasteiger partial charge in [0.05, 0.1) is 16.8 Å². The maximum absolute atomic E-state index is 13.2. The van der Waals surface area contributed by atoms with E-state index in [0.717, 1.165) is 6.42 Å². The lowest BCUT2D eigenvalue weighted by Crippen LogP contribution is -2.35. The molecule has 28 heavy (non-hydrogen) atoms. The van der Waals surface area contributed by atoms with Gasteiger partial charge >= 0.3 is 5.97 Å². The van der Waals surface area contributed by atoms with Crippen LogP contribution in [0.25, 0.3) is 22.2 Å². The van der Waals surface area contributed by atoms with Crippen molar-refractivity contribution >= 4 is 22.8 Å². The zero-order valence-electron chi connectivity index (χ0n) is 15.7. The maximum Gasteiger partial charge on any atom is 0.339 e. The fraction of sp³-hybridized carbons (Fsp3) is 0.227. The molecule has 0 saturated carbocycles. The molecule has 3 aromatic rings. The van der Waals surface area contributed by atoms with Crippen molar-refractivity contribution in [2.45, 2.75) is 26.3 Å². The van der Waals surface area contributed by atoms with E-state index in [1.165, 1.54) is 12.1 Å². The van der Waals surface area contributed by atoms with Gasteiger partial charge in [0, 0.05) is 17.0 Å². The number of amides is 1. The van der Waals surface area contributed by atoms with E-state index < -0.39 is 5.97 Å². The van der Waals surface area contributed by atoms with Crippen molar-refractivity contribution in [2.24, 2.45) is 0 Å². The Balaban J connectivity index is 1.89. The number of pyridine rings is 1. The lowest BCUT2D eigenvalue weighted by Gasteiger charge is -2.12. The van der Waals surface area contributed by atoms with E-state index >= 15 is 0 Å². The molecular formula is C22H21FN2O3. The average Bonchev–Trinajstić information content (AvgIpc) is 2.71. The molecule has 3 rings (SSSR count). The molecule has 6 heteroatoms. The van der Waals surface area contributed by atoms with Gasteiger partial charge in [-0.15, -0.1) is 0 Å². The van der Waals surface area contributed by atoms with Crippen LogP contribution in [0.2, 0.25) is 0 Å². The lowest BCUT2D eigenvalue weighted by molar-refractivity contribution is -0.124. The SMILES string of the molecule is CC[C@H](C)NC(=O)COC(=O)c1cc(-c2ccc(F)cc2)nc2ccccc12. The van der Waals surface area contributed by atoms with Gasteiger partial charge in [-0.05, 0) is 49.7 Å². The third-order valence-corrected chi connectivity index (χ3v) is 4.43. The molecule has 0 spiro atoms. The molecule has 0 aliphatic carbocycles. The van der Waals surface area contributed by atoms with Gasteiger partial charge in [0.1, 0.15) is 5.82 Å². The molecule has 0 unspecified atom stereocenters. The number of halogens is 1. The Hall–Kier alpha value is -3.28. The Bertz CT molecular complexity index is 1000. The predicted octanol–water partition coefficient (Wildman–Crippen LogP) is 4.11. The molecule has 1 amide bonds. The summed E-state index contributed by atoms with van der Waals surface area (Å²) in [6.45, 7) is 3.48. The number of benzene rings is 2. The van der Waals surface area contributed by atoms with Crippen LogP contribution < -0.4 is 5.32 Å². The molecule has 144 valence electrons. The van der Waals surface area contributed by atoms with Gasteiger partial charge in [-0.2, -0.15) is 0 Å². The topological polar surface area (TPSA) is 68.3 Å². The summed E-state index contributed by atoms with van der Waals surface area (Å²) in [5.74, 6) is -1.31. The number of para-hydroxylation sites is 1. The second-order valence-electron chi connectivity index (χ2n) is 6.53. The summed E-state index contributed by atoms with van der Waals surface area (Å²) in [4.78, 5) is 29.1. The Morgan fingerprint density at radius 1 is 1.14 bits per heavy atom. The average molecular weight is 380 g/mol. The summed E-state index contributed by atoms with van der Waals surface area (Å²) in [5.41, 5.74) is 2.12. The van der Waals surface area contributed by atoms with Crippen molar-refractivity contribution in [1.82, 2.24) is 10.3 Å². The van der Waals surface area contributed by atoms with E-state index in [9.17, 15) is 14.0 Å². The van der Waals surface area contributed by atoms with Crippen LogP contribution in [0.15, 0.2) is 54.6 Å². The number of aromatic nitrogens is 1. The van der Waals surface area contributed by atoms with Crippen molar-refractivity contribution in [1.29, 1.82) is 0 Å².